The number of aromatic nitrogens is 1. The normalized spacial score (nSPS) is 10.7. The van der Waals surface area contributed by atoms with Crippen LogP contribution in [0.25, 0.3) is 22.2 Å². The van der Waals surface area contributed by atoms with Crippen molar-refractivity contribution in [3.63, 3.8) is 0 Å². The minimum Gasteiger partial charge on any atom is -0.497 e. The molecule has 0 saturated carbocycles. The number of methoxy groups -OCH3 is 1. The molecule has 0 spiro atoms. The number of pyridine rings is 1. The van der Waals surface area contributed by atoms with E-state index in [1.165, 1.54) is 12.5 Å². The highest BCUT2D eigenvalue weighted by Crippen LogP contribution is 2.27. The Morgan fingerprint density at radius 3 is 2.80 bits per heavy atom. The van der Waals surface area contributed by atoms with Crippen LogP contribution in [0.3, 0.4) is 0 Å². The Labute approximate surface area is 114 Å². The topological polar surface area (TPSA) is 72.6 Å². The van der Waals surface area contributed by atoms with Crippen molar-refractivity contribution in [1.29, 1.82) is 0 Å². The molecule has 0 saturated heterocycles. The van der Waals surface area contributed by atoms with Crippen LogP contribution in [0.2, 0.25) is 0 Å². The van der Waals surface area contributed by atoms with Crippen LogP contribution in [0.15, 0.2) is 47.3 Å². The second-order valence-corrected chi connectivity index (χ2v) is 4.26. The van der Waals surface area contributed by atoms with E-state index < -0.39 is 5.97 Å². The number of carbonyl (C=O) groups is 1. The van der Waals surface area contributed by atoms with Gasteiger partial charge in [0.15, 0.2) is 0 Å². The molecule has 3 rings (SSSR count). The molecule has 3 aromatic rings. The SMILES string of the molecule is COc1ccc2c(C(=O)O)cc(-c3ccoc3)nc2c1. The molecule has 0 unspecified atom stereocenters. The first kappa shape index (κ1) is 12.2. The predicted octanol–water partition coefficient (Wildman–Crippen LogP) is 3.20. The molecule has 0 amide bonds. The van der Waals surface area contributed by atoms with Crippen molar-refractivity contribution in [3.05, 3.63) is 48.4 Å². The number of carboxylic acid groups (broad SMARTS) is 1. The lowest BCUT2D eigenvalue weighted by molar-refractivity contribution is 0.0699. The van der Waals surface area contributed by atoms with Crippen LogP contribution < -0.4 is 4.74 Å². The fourth-order valence-electron chi connectivity index (χ4n) is 2.07. The average Bonchev–Trinajstić information content (AvgIpc) is 2.99. The number of hydrogen-bond donors (Lipinski definition) is 1. The van der Waals surface area contributed by atoms with Gasteiger partial charge in [0.1, 0.15) is 5.75 Å². The van der Waals surface area contributed by atoms with Crippen molar-refractivity contribution in [2.24, 2.45) is 0 Å². The Hall–Kier alpha value is -2.82. The van der Waals surface area contributed by atoms with E-state index in [9.17, 15) is 9.90 Å². The number of fused-ring (bicyclic) bond motifs is 1. The molecule has 5 nitrogen and oxygen atoms in total. The summed E-state index contributed by atoms with van der Waals surface area (Å²) in [4.78, 5) is 15.9. The van der Waals surface area contributed by atoms with Gasteiger partial charge in [-0.15, -0.1) is 0 Å². The van der Waals surface area contributed by atoms with E-state index in [1.807, 2.05) is 0 Å². The molecule has 1 aromatic carbocycles. The molecule has 0 bridgehead atoms. The smallest absolute Gasteiger partial charge is 0.336 e. The molecule has 2 aromatic heterocycles. The van der Waals surface area contributed by atoms with Gasteiger partial charge in [0.05, 0.1) is 36.4 Å². The van der Waals surface area contributed by atoms with Gasteiger partial charge < -0.3 is 14.3 Å². The standard InChI is InChI=1S/C15H11NO4/c1-19-10-2-3-11-12(15(17)18)7-13(16-14(11)6-10)9-4-5-20-8-9/h2-8H,1H3,(H,17,18). The van der Waals surface area contributed by atoms with Crippen LogP contribution in [0, 0.1) is 0 Å². The summed E-state index contributed by atoms with van der Waals surface area (Å²) in [6.07, 6.45) is 3.05. The fraction of sp³-hybridized carbons (Fsp3) is 0.0667. The minimum atomic E-state index is -0.993. The Kier molecular flexibility index (Phi) is 2.87. The third-order valence-electron chi connectivity index (χ3n) is 3.06. The maximum absolute atomic E-state index is 11.4. The average molecular weight is 269 g/mol. The number of ether oxygens (including phenoxy) is 1. The fourth-order valence-corrected chi connectivity index (χ4v) is 2.07. The Balaban J connectivity index is 2.31. The van der Waals surface area contributed by atoms with E-state index in [0.29, 0.717) is 22.3 Å². The van der Waals surface area contributed by atoms with Crippen LogP contribution in [0.5, 0.6) is 5.75 Å². The van der Waals surface area contributed by atoms with Gasteiger partial charge in [0, 0.05) is 17.0 Å². The summed E-state index contributed by atoms with van der Waals surface area (Å²) < 4.78 is 10.2. The first-order valence-electron chi connectivity index (χ1n) is 5.93. The molecule has 5 heteroatoms. The Morgan fingerprint density at radius 2 is 2.15 bits per heavy atom. The number of carboxylic acids is 1. The van der Waals surface area contributed by atoms with Gasteiger partial charge in [0.25, 0.3) is 0 Å². The van der Waals surface area contributed by atoms with E-state index in [0.717, 1.165) is 5.56 Å². The number of aromatic carboxylic acids is 1. The zero-order valence-corrected chi connectivity index (χ0v) is 10.7. The predicted molar refractivity (Wildman–Crippen MR) is 73.0 cm³/mol. The second-order valence-electron chi connectivity index (χ2n) is 4.26. The van der Waals surface area contributed by atoms with Gasteiger partial charge >= 0.3 is 5.97 Å². The van der Waals surface area contributed by atoms with Gasteiger partial charge in [-0.2, -0.15) is 0 Å². The van der Waals surface area contributed by atoms with E-state index in [4.69, 9.17) is 9.15 Å². The molecule has 0 fully saturated rings. The summed E-state index contributed by atoms with van der Waals surface area (Å²) in [7, 11) is 1.55. The number of rotatable bonds is 3. The summed E-state index contributed by atoms with van der Waals surface area (Å²) in [5.74, 6) is -0.363. The lowest BCUT2D eigenvalue weighted by Crippen LogP contribution is -2.00. The summed E-state index contributed by atoms with van der Waals surface area (Å²) in [5.41, 5.74) is 2.06. The van der Waals surface area contributed by atoms with Crippen molar-refractivity contribution in [2.75, 3.05) is 7.11 Å². The van der Waals surface area contributed by atoms with Crippen LogP contribution in [0.4, 0.5) is 0 Å². The van der Waals surface area contributed by atoms with Gasteiger partial charge in [-0.25, -0.2) is 9.78 Å². The monoisotopic (exact) mass is 269 g/mol. The molecule has 1 N–H and O–H groups in total. The van der Waals surface area contributed by atoms with E-state index in [1.54, 1.807) is 37.4 Å². The zero-order chi connectivity index (χ0) is 14.1. The second kappa shape index (κ2) is 4.70. The molecule has 0 aliphatic heterocycles. The summed E-state index contributed by atoms with van der Waals surface area (Å²) in [6, 6.07) is 8.41. The minimum absolute atomic E-state index is 0.203. The van der Waals surface area contributed by atoms with Crippen molar-refractivity contribution in [3.8, 4) is 17.0 Å². The third-order valence-corrected chi connectivity index (χ3v) is 3.06. The zero-order valence-electron chi connectivity index (χ0n) is 10.7. The van der Waals surface area contributed by atoms with Crippen molar-refractivity contribution in [2.45, 2.75) is 0 Å². The molecule has 100 valence electrons. The lowest BCUT2D eigenvalue weighted by atomic mass is 10.1. The Morgan fingerprint density at radius 1 is 1.30 bits per heavy atom. The number of hydrogen-bond acceptors (Lipinski definition) is 4. The van der Waals surface area contributed by atoms with Crippen LogP contribution >= 0.6 is 0 Å². The van der Waals surface area contributed by atoms with Crippen molar-refractivity contribution in [1.82, 2.24) is 4.98 Å². The summed E-state index contributed by atoms with van der Waals surface area (Å²) >= 11 is 0. The number of nitrogens with zero attached hydrogens (tertiary/aromatic N) is 1. The molecule has 0 radical (unpaired) electrons. The molecule has 2 heterocycles. The van der Waals surface area contributed by atoms with E-state index >= 15 is 0 Å². The molecule has 0 aliphatic carbocycles. The van der Waals surface area contributed by atoms with Crippen molar-refractivity contribution < 1.29 is 19.1 Å². The van der Waals surface area contributed by atoms with Crippen molar-refractivity contribution >= 4 is 16.9 Å². The maximum atomic E-state index is 11.4. The van der Waals surface area contributed by atoms with Gasteiger partial charge in [0.2, 0.25) is 0 Å². The largest absolute Gasteiger partial charge is 0.497 e. The molecule has 0 aliphatic rings. The molecule has 0 atom stereocenters. The van der Waals surface area contributed by atoms with Crippen LogP contribution in [-0.4, -0.2) is 23.2 Å². The van der Waals surface area contributed by atoms with Gasteiger partial charge in [-0.05, 0) is 24.3 Å². The van der Waals surface area contributed by atoms with Gasteiger partial charge in [-0.1, -0.05) is 0 Å². The first-order chi connectivity index (χ1) is 9.69. The summed E-state index contributed by atoms with van der Waals surface area (Å²) in [6.45, 7) is 0. The van der Waals surface area contributed by atoms with E-state index in [2.05, 4.69) is 4.98 Å². The summed E-state index contributed by atoms with van der Waals surface area (Å²) in [5, 5.41) is 9.92. The quantitative estimate of drug-likeness (QED) is 0.790. The van der Waals surface area contributed by atoms with Gasteiger partial charge in [-0.3, -0.25) is 0 Å². The van der Waals surface area contributed by atoms with Crippen LogP contribution in [0.1, 0.15) is 10.4 Å². The Bertz CT molecular complexity index is 778. The first-order valence-corrected chi connectivity index (χ1v) is 5.93. The van der Waals surface area contributed by atoms with E-state index in [-0.39, 0.29) is 5.56 Å². The molecular weight excluding hydrogens is 258 g/mol. The highest BCUT2D eigenvalue weighted by molar-refractivity contribution is 6.04. The molecule has 20 heavy (non-hydrogen) atoms. The number of benzene rings is 1. The highest BCUT2D eigenvalue weighted by Gasteiger charge is 2.14. The highest BCUT2D eigenvalue weighted by atomic mass is 16.5. The molecular formula is C15H11NO4. The third kappa shape index (κ3) is 1.99. The number of furan rings is 1. The maximum Gasteiger partial charge on any atom is 0.336 e. The lowest BCUT2D eigenvalue weighted by Gasteiger charge is -2.07. The van der Waals surface area contributed by atoms with Crippen LogP contribution in [-0.2, 0) is 0 Å².